The van der Waals surface area contributed by atoms with Gasteiger partial charge in [-0.3, -0.25) is 0 Å². The Morgan fingerprint density at radius 2 is 2.15 bits per heavy atom. The van der Waals surface area contributed by atoms with E-state index >= 15 is 0 Å². The van der Waals surface area contributed by atoms with Crippen LogP contribution in [0.25, 0.3) is 0 Å². The summed E-state index contributed by atoms with van der Waals surface area (Å²) in [5.41, 5.74) is 4.90. The average Bonchev–Trinajstić information content (AvgIpc) is 2.09. The number of rotatable bonds is 2. The second-order valence-electron chi connectivity index (χ2n) is 2.32. The summed E-state index contributed by atoms with van der Waals surface area (Å²) in [4.78, 5) is 3.06. The predicted octanol–water partition coefficient (Wildman–Crippen LogP) is 2.38. The minimum absolute atomic E-state index is 0.0141. The van der Waals surface area contributed by atoms with Crippen molar-refractivity contribution in [3.8, 4) is 0 Å². The molecule has 0 aromatic carbocycles. The summed E-state index contributed by atoms with van der Waals surface area (Å²) < 4.78 is 37.1. The Labute approximate surface area is 81.1 Å². The fraction of sp³-hybridized carbons (Fsp3) is 0.286. The smallest absolute Gasteiger partial charge is 0.280 e. The molecule has 2 nitrogen and oxygen atoms in total. The summed E-state index contributed by atoms with van der Waals surface area (Å²) in [7, 11) is 0. The fourth-order valence-corrected chi connectivity index (χ4v) is 1.19. The van der Waals surface area contributed by atoms with Gasteiger partial charge in [-0.1, -0.05) is 0 Å². The van der Waals surface area contributed by atoms with E-state index in [1.165, 1.54) is 0 Å². The van der Waals surface area contributed by atoms with Crippen molar-refractivity contribution in [3.63, 3.8) is 0 Å². The van der Waals surface area contributed by atoms with Gasteiger partial charge in [0.25, 0.3) is 6.43 Å². The highest BCUT2D eigenvalue weighted by Gasteiger charge is 2.15. The Kier molecular flexibility index (Phi) is 3.27. The number of alkyl halides is 2. The molecule has 2 N–H and O–H groups in total. The SMILES string of the molecule is NCc1cc(C(F)F)nc(F)c1Br. The van der Waals surface area contributed by atoms with Gasteiger partial charge in [-0.05, 0) is 27.6 Å². The molecule has 0 spiro atoms. The molecule has 0 bridgehead atoms. The lowest BCUT2D eigenvalue weighted by atomic mass is 10.2. The summed E-state index contributed by atoms with van der Waals surface area (Å²) in [5, 5.41) is 0. The molecule has 0 atom stereocenters. The van der Waals surface area contributed by atoms with E-state index in [1.54, 1.807) is 0 Å². The van der Waals surface area contributed by atoms with Gasteiger partial charge in [-0.25, -0.2) is 13.8 Å². The molecule has 6 heteroatoms. The van der Waals surface area contributed by atoms with Crippen LogP contribution in [0.4, 0.5) is 13.2 Å². The third-order valence-corrected chi connectivity index (χ3v) is 2.29. The molecule has 1 aromatic rings. The average molecular weight is 255 g/mol. The number of nitrogens with zero attached hydrogens (tertiary/aromatic N) is 1. The van der Waals surface area contributed by atoms with E-state index < -0.39 is 18.1 Å². The molecule has 0 aliphatic heterocycles. The molecular formula is C7H6BrF3N2. The topological polar surface area (TPSA) is 38.9 Å². The largest absolute Gasteiger partial charge is 0.326 e. The van der Waals surface area contributed by atoms with Crippen molar-refractivity contribution in [2.24, 2.45) is 5.73 Å². The van der Waals surface area contributed by atoms with Crippen LogP contribution in [0.2, 0.25) is 0 Å². The van der Waals surface area contributed by atoms with Gasteiger partial charge in [0.15, 0.2) is 0 Å². The molecule has 0 amide bonds. The highest BCUT2D eigenvalue weighted by Crippen LogP contribution is 2.24. The fourth-order valence-electron chi connectivity index (χ4n) is 0.829. The van der Waals surface area contributed by atoms with Gasteiger partial charge in [0.2, 0.25) is 5.95 Å². The maximum Gasteiger partial charge on any atom is 0.280 e. The van der Waals surface area contributed by atoms with Crippen LogP contribution in [-0.4, -0.2) is 4.98 Å². The van der Waals surface area contributed by atoms with Gasteiger partial charge in [0.1, 0.15) is 5.69 Å². The van der Waals surface area contributed by atoms with Gasteiger partial charge < -0.3 is 5.73 Å². The highest BCUT2D eigenvalue weighted by molar-refractivity contribution is 9.10. The van der Waals surface area contributed by atoms with Gasteiger partial charge in [-0.15, -0.1) is 0 Å². The molecule has 0 fully saturated rings. The Bertz CT molecular complexity index is 317. The molecule has 0 unspecified atom stereocenters. The first-order valence-corrected chi connectivity index (χ1v) is 4.18. The van der Waals surface area contributed by atoms with Crippen molar-refractivity contribution >= 4 is 15.9 Å². The van der Waals surface area contributed by atoms with E-state index in [9.17, 15) is 13.2 Å². The van der Waals surface area contributed by atoms with Crippen LogP contribution in [0.3, 0.4) is 0 Å². The van der Waals surface area contributed by atoms with Crippen LogP contribution >= 0.6 is 15.9 Å². The minimum Gasteiger partial charge on any atom is -0.326 e. The normalized spacial score (nSPS) is 10.9. The van der Waals surface area contributed by atoms with E-state index in [4.69, 9.17) is 5.73 Å². The van der Waals surface area contributed by atoms with Crippen LogP contribution in [0.15, 0.2) is 10.5 Å². The monoisotopic (exact) mass is 254 g/mol. The zero-order valence-corrected chi connectivity index (χ0v) is 7.98. The summed E-state index contributed by atoms with van der Waals surface area (Å²) in [6.45, 7) is -0.0141. The second-order valence-corrected chi connectivity index (χ2v) is 3.11. The summed E-state index contributed by atoms with van der Waals surface area (Å²) in [6, 6.07) is 1.08. The van der Waals surface area contributed by atoms with E-state index in [2.05, 4.69) is 20.9 Å². The molecule has 1 aromatic heterocycles. The van der Waals surface area contributed by atoms with E-state index in [1.807, 2.05) is 0 Å². The Morgan fingerprint density at radius 3 is 2.62 bits per heavy atom. The standard InChI is InChI=1S/C7H6BrF3N2/c8-5-3(2-12)1-4(6(9)10)13-7(5)11/h1,6H,2,12H2. The molecule has 1 heterocycles. The number of nitrogens with two attached hydrogens (primary N) is 1. The lowest BCUT2D eigenvalue weighted by Crippen LogP contribution is -2.03. The first kappa shape index (κ1) is 10.5. The van der Waals surface area contributed by atoms with Crippen LogP contribution < -0.4 is 5.73 Å². The number of hydrogen-bond acceptors (Lipinski definition) is 2. The van der Waals surface area contributed by atoms with E-state index in [0.29, 0.717) is 0 Å². The van der Waals surface area contributed by atoms with Gasteiger partial charge >= 0.3 is 0 Å². The van der Waals surface area contributed by atoms with Gasteiger partial charge in [0.05, 0.1) is 4.47 Å². The van der Waals surface area contributed by atoms with Gasteiger partial charge in [0, 0.05) is 6.54 Å². The molecule has 72 valence electrons. The number of hydrogen-bond donors (Lipinski definition) is 1. The summed E-state index contributed by atoms with van der Waals surface area (Å²) >= 11 is 2.86. The van der Waals surface area contributed by atoms with E-state index in [0.717, 1.165) is 6.07 Å². The highest BCUT2D eigenvalue weighted by atomic mass is 79.9. The number of aromatic nitrogens is 1. The Balaban J connectivity index is 3.22. The van der Waals surface area contributed by atoms with Crippen molar-refractivity contribution in [2.75, 3.05) is 0 Å². The van der Waals surface area contributed by atoms with Crippen molar-refractivity contribution in [1.82, 2.24) is 4.98 Å². The van der Waals surface area contributed by atoms with E-state index in [-0.39, 0.29) is 16.6 Å². The number of pyridine rings is 1. The van der Waals surface area contributed by atoms with Crippen LogP contribution in [0.5, 0.6) is 0 Å². The van der Waals surface area contributed by atoms with Crippen molar-refractivity contribution in [2.45, 2.75) is 13.0 Å². The van der Waals surface area contributed by atoms with Gasteiger partial charge in [-0.2, -0.15) is 4.39 Å². The Hall–Kier alpha value is -0.620. The summed E-state index contributed by atoms with van der Waals surface area (Å²) in [5.74, 6) is -0.960. The first-order valence-electron chi connectivity index (χ1n) is 3.39. The molecule has 0 aliphatic rings. The first-order chi connectivity index (χ1) is 6.06. The molecule has 0 aliphatic carbocycles. The third kappa shape index (κ3) is 2.19. The lowest BCUT2D eigenvalue weighted by molar-refractivity contribution is 0.144. The zero-order valence-electron chi connectivity index (χ0n) is 6.40. The lowest BCUT2D eigenvalue weighted by Gasteiger charge is -2.05. The second kappa shape index (κ2) is 4.06. The molecule has 13 heavy (non-hydrogen) atoms. The van der Waals surface area contributed by atoms with Crippen LogP contribution in [-0.2, 0) is 6.54 Å². The minimum atomic E-state index is -2.78. The van der Waals surface area contributed by atoms with Crippen molar-refractivity contribution in [3.05, 3.63) is 27.7 Å². The van der Waals surface area contributed by atoms with Crippen LogP contribution in [0, 0.1) is 5.95 Å². The summed E-state index contributed by atoms with van der Waals surface area (Å²) in [6.07, 6.45) is -2.78. The maximum atomic E-state index is 12.8. The molecule has 0 radical (unpaired) electrons. The third-order valence-electron chi connectivity index (χ3n) is 1.46. The Morgan fingerprint density at radius 1 is 1.54 bits per heavy atom. The predicted molar refractivity (Wildman–Crippen MR) is 44.7 cm³/mol. The molecule has 0 saturated heterocycles. The maximum absolute atomic E-state index is 12.8. The zero-order chi connectivity index (χ0) is 10.0. The quantitative estimate of drug-likeness (QED) is 0.824. The van der Waals surface area contributed by atoms with Crippen LogP contribution in [0.1, 0.15) is 17.7 Å². The van der Waals surface area contributed by atoms with Crippen molar-refractivity contribution < 1.29 is 13.2 Å². The molecule has 0 saturated carbocycles. The number of halogens is 4. The molecular weight excluding hydrogens is 249 g/mol. The van der Waals surface area contributed by atoms with Crippen molar-refractivity contribution in [1.29, 1.82) is 0 Å². The molecule has 1 rings (SSSR count).